The van der Waals surface area contributed by atoms with Gasteiger partial charge in [-0.3, -0.25) is 19.3 Å². The van der Waals surface area contributed by atoms with Gasteiger partial charge in [-0.05, 0) is 12.1 Å². The summed E-state index contributed by atoms with van der Waals surface area (Å²) < 4.78 is 4.95. The van der Waals surface area contributed by atoms with E-state index in [1.54, 1.807) is 0 Å². The molecule has 0 radical (unpaired) electrons. The number of aliphatic carboxylic acids is 1. The first-order chi connectivity index (χ1) is 9.88. The normalized spacial score (nSPS) is 13.3. The second-order valence-electron chi connectivity index (χ2n) is 4.28. The van der Waals surface area contributed by atoms with Crippen molar-refractivity contribution in [2.24, 2.45) is 0 Å². The number of carboxylic acid groups (broad SMARTS) is 2. The summed E-state index contributed by atoms with van der Waals surface area (Å²) >= 11 is 0. The monoisotopic (exact) mass is 293 g/mol. The molecule has 1 aromatic rings. The second kappa shape index (κ2) is 5.23. The molecule has 0 aliphatic carbocycles. The van der Waals surface area contributed by atoms with E-state index >= 15 is 0 Å². The molecule has 2 rings (SSSR count). The van der Waals surface area contributed by atoms with Gasteiger partial charge in [-0.1, -0.05) is 0 Å². The quantitative estimate of drug-likeness (QED) is 0.756. The first-order valence-corrected chi connectivity index (χ1v) is 5.90. The van der Waals surface area contributed by atoms with Crippen LogP contribution in [0.4, 0.5) is 0 Å². The largest absolute Gasteiger partial charge is 0.495 e. The molecule has 0 atom stereocenters. The van der Waals surface area contributed by atoms with Crippen LogP contribution >= 0.6 is 0 Å². The van der Waals surface area contributed by atoms with Crippen LogP contribution in [-0.4, -0.2) is 52.5 Å². The van der Waals surface area contributed by atoms with Gasteiger partial charge in [0.25, 0.3) is 11.8 Å². The predicted molar refractivity (Wildman–Crippen MR) is 67.6 cm³/mol. The van der Waals surface area contributed by atoms with E-state index in [1.165, 1.54) is 19.2 Å². The lowest BCUT2D eigenvalue weighted by Crippen LogP contribution is -2.31. The third-order valence-electron chi connectivity index (χ3n) is 3.08. The summed E-state index contributed by atoms with van der Waals surface area (Å²) in [5.74, 6) is -4.05. The SMILES string of the molecule is COc1c(C(=O)O)ccc2c1C(=O)N(CCC(=O)O)C2=O. The van der Waals surface area contributed by atoms with Gasteiger partial charge in [0.2, 0.25) is 0 Å². The minimum atomic E-state index is -1.29. The van der Waals surface area contributed by atoms with Crippen molar-refractivity contribution < 1.29 is 34.1 Å². The van der Waals surface area contributed by atoms with Gasteiger partial charge >= 0.3 is 11.9 Å². The summed E-state index contributed by atoms with van der Waals surface area (Å²) in [6.45, 7) is -0.284. The van der Waals surface area contributed by atoms with Crippen LogP contribution in [0, 0.1) is 0 Å². The van der Waals surface area contributed by atoms with Gasteiger partial charge < -0.3 is 14.9 Å². The molecule has 2 amide bonds. The highest BCUT2D eigenvalue weighted by molar-refractivity contribution is 6.23. The van der Waals surface area contributed by atoms with Gasteiger partial charge in [0.1, 0.15) is 11.3 Å². The number of rotatable bonds is 5. The van der Waals surface area contributed by atoms with Crippen molar-refractivity contribution in [3.05, 3.63) is 28.8 Å². The number of carboxylic acids is 2. The Morgan fingerprint density at radius 3 is 2.38 bits per heavy atom. The van der Waals surface area contributed by atoms with Crippen molar-refractivity contribution in [2.45, 2.75) is 6.42 Å². The zero-order valence-electron chi connectivity index (χ0n) is 11.0. The lowest BCUT2D eigenvalue weighted by molar-refractivity contribution is -0.137. The molecule has 0 aromatic heterocycles. The standard InChI is InChI=1S/C13H11NO7/c1-21-10-7(13(19)20)3-2-6-9(10)12(18)14(11(6)17)5-4-8(15)16/h2-3H,4-5H2,1H3,(H,15,16)(H,19,20). The molecule has 0 bridgehead atoms. The molecule has 0 saturated heterocycles. The first kappa shape index (κ1) is 14.5. The van der Waals surface area contributed by atoms with Crippen LogP contribution in [0.2, 0.25) is 0 Å². The highest BCUT2D eigenvalue weighted by Crippen LogP contribution is 2.34. The summed E-state index contributed by atoms with van der Waals surface area (Å²) in [6.07, 6.45) is -0.389. The lowest BCUT2D eigenvalue weighted by Gasteiger charge is -2.12. The maximum absolute atomic E-state index is 12.2. The average Bonchev–Trinajstić information content (AvgIpc) is 2.67. The van der Waals surface area contributed by atoms with Crippen LogP contribution in [0.15, 0.2) is 12.1 Å². The van der Waals surface area contributed by atoms with Crippen LogP contribution in [0.5, 0.6) is 5.75 Å². The molecule has 8 heteroatoms. The van der Waals surface area contributed by atoms with Gasteiger partial charge in [-0.25, -0.2) is 4.79 Å². The molecule has 8 nitrogen and oxygen atoms in total. The topological polar surface area (TPSA) is 121 Å². The van der Waals surface area contributed by atoms with E-state index in [4.69, 9.17) is 14.9 Å². The van der Waals surface area contributed by atoms with Crippen molar-refractivity contribution >= 4 is 23.8 Å². The van der Waals surface area contributed by atoms with E-state index in [9.17, 15) is 19.2 Å². The molecule has 0 saturated carbocycles. The summed E-state index contributed by atoms with van der Waals surface area (Å²) in [5, 5.41) is 17.7. The Bertz CT molecular complexity index is 665. The minimum absolute atomic E-state index is 0.00670. The molecule has 0 unspecified atom stereocenters. The number of carbonyl (C=O) groups excluding carboxylic acids is 2. The number of carbonyl (C=O) groups is 4. The van der Waals surface area contributed by atoms with Crippen molar-refractivity contribution in [1.82, 2.24) is 4.90 Å². The Balaban J connectivity index is 2.49. The van der Waals surface area contributed by atoms with E-state index in [-0.39, 0.29) is 35.4 Å². The Morgan fingerprint density at radius 2 is 1.86 bits per heavy atom. The fourth-order valence-electron chi connectivity index (χ4n) is 2.14. The smallest absolute Gasteiger partial charge is 0.339 e. The number of aromatic carboxylic acids is 1. The third kappa shape index (κ3) is 2.31. The van der Waals surface area contributed by atoms with Gasteiger partial charge in [-0.15, -0.1) is 0 Å². The summed E-state index contributed by atoms with van der Waals surface area (Å²) in [4.78, 5) is 46.7. The van der Waals surface area contributed by atoms with Crippen molar-refractivity contribution in [2.75, 3.05) is 13.7 Å². The highest BCUT2D eigenvalue weighted by atomic mass is 16.5. The van der Waals surface area contributed by atoms with Crippen molar-refractivity contribution in [3.63, 3.8) is 0 Å². The molecule has 2 N–H and O–H groups in total. The number of ether oxygens (including phenoxy) is 1. The van der Waals surface area contributed by atoms with Crippen molar-refractivity contribution in [3.8, 4) is 5.75 Å². The number of amides is 2. The maximum atomic E-state index is 12.2. The van der Waals surface area contributed by atoms with Crippen LogP contribution in [0.3, 0.4) is 0 Å². The number of nitrogens with zero attached hydrogens (tertiary/aromatic N) is 1. The first-order valence-electron chi connectivity index (χ1n) is 5.90. The van der Waals surface area contributed by atoms with Crippen LogP contribution in [0.25, 0.3) is 0 Å². The lowest BCUT2D eigenvalue weighted by atomic mass is 10.0. The van der Waals surface area contributed by atoms with Gasteiger partial charge in [0.05, 0.1) is 24.7 Å². The van der Waals surface area contributed by atoms with Crippen molar-refractivity contribution in [1.29, 1.82) is 0 Å². The van der Waals surface area contributed by atoms with E-state index in [0.717, 1.165) is 4.90 Å². The number of hydrogen-bond acceptors (Lipinski definition) is 5. The molecule has 1 aliphatic heterocycles. The number of imide groups is 1. The van der Waals surface area contributed by atoms with Crippen LogP contribution < -0.4 is 4.74 Å². The molecular weight excluding hydrogens is 282 g/mol. The third-order valence-corrected chi connectivity index (χ3v) is 3.08. The van der Waals surface area contributed by atoms with E-state index in [0.29, 0.717) is 0 Å². The number of benzene rings is 1. The van der Waals surface area contributed by atoms with Gasteiger partial charge in [0.15, 0.2) is 0 Å². The van der Waals surface area contributed by atoms with E-state index < -0.39 is 23.8 Å². The summed E-state index contributed by atoms with van der Waals surface area (Å²) in [6, 6.07) is 2.40. The minimum Gasteiger partial charge on any atom is -0.495 e. The maximum Gasteiger partial charge on any atom is 0.339 e. The predicted octanol–water partition coefficient (Wildman–Crippen LogP) is 0.464. The molecular formula is C13H11NO7. The zero-order valence-corrected chi connectivity index (χ0v) is 11.0. The Kier molecular flexibility index (Phi) is 3.62. The molecule has 1 aliphatic rings. The summed E-state index contributed by atoms with van der Waals surface area (Å²) in [5.41, 5.74) is -0.377. The van der Waals surface area contributed by atoms with Gasteiger partial charge in [-0.2, -0.15) is 0 Å². The number of fused-ring (bicyclic) bond motifs is 1. The number of hydrogen-bond donors (Lipinski definition) is 2. The Labute approximate surface area is 118 Å². The Morgan fingerprint density at radius 1 is 1.19 bits per heavy atom. The average molecular weight is 293 g/mol. The molecule has 0 spiro atoms. The molecule has 110 valence electrons. The summed E-state index contributed by atoms with van der Waals surface area (Å²) in [7, 11) is 1.19. The molecule has 21 heavy (non-hydrogen) atoms. The fraction of sp³-hybridized carbons (Fsp3) is 0.231. The van der Waals surface area contributed by atoms with Crippen LogP contribution in [0.1, 0.15) is 37.5 Å². The number of methoxy groups -OCH3 is 1. The second-order valence-corrected chi connectivity index (χ2v) is 4.28. The molecule has 1 aromatic carbocycles. The molecule has 1 heterocycles. The fourth-order valence-corrected chi connectivity index (χ4v) is 2.14. The van der Waals surface area contributed by atoms with Gasteiger partial charge in [0, 0.05) is 6.54 Å². The van der Waals surface area contributed by atoms with Crippen LogP contribution in [-0.2, 0) is 4.79 Å². The highest BCUT2D eigenvalue weighted by Gasteiger charge is 2.39. The van der Waals surface area contributed by atoms with E-state index in [1.807, 2.05) is 0 Å². The zero-order chi connectivity index (χ0) is 15.7. The molecule has 0 fully saturated rings. The Hall–Kier alpha value is -2.90. The van der Waals surface area contributed by atoms with E-state index in [2.05, 4.69) is 0 Å².